The highest BCUT2D eigenvalue weighted by molar-refractivity contribution is 6.24. The van der Waals surface area contributed by atoms with E-state index in [2.05, 4.69) is 127 Å². The van der Waals surface area contributed by atoms with E-state index in [9.17, 15) is 0 Å². The Morgan fingerprint density at radius 1 is 0.325 bits per heavy atom. The first kappa shape index (κ1) is 20.7. The van der Waals surface area contributed by atoms with Crippen LogP contribution in [0.4, 0.5) is 0 Å². The van der Waals surface area contributed by atoms with Crippen LogP contribution in [0.5, 0.6) is 0 Å². The van der Waals surface area contributed by atoms with Gasteiger partial charge in [-0.25, -0.2) is 0 Å². The Balaban J connectivity index is 1.45. The van der Waals surface area contributed by atoms with E-state index in [0.717, 1.165) is 32.7 Å². The summed E-state index contributed by atoms with van der Waals surface area (Å²) < 4.78 is 16.6. The van der Waals surface area contributed by atoms with Crippen molar-refractivity contribution >= 4 is 43.1 Å². The highest BCUT2D eigenvalue weighted by Gasteiger charge is 2.18. The van der Waals surface area contributed by atoms with Crippen molar-refractivity contribution in [2.24, 2.45) is 0 Å². The average Bonchev–Trinajstić information content (AvgIpc) is 3.02. The third-order valence-corrected chi connectivity index (χ3v) is 8.12. The molecule has 0 spiro atoms. The highest BCUT2D eigenvalue weighted by atomic mass is 14.2. The summed E-state index contributed by atoms with van der Waals surface area (Å²) in [5.41, 5.74) is 6.82. The molecule has 0 atom stereocenters. The van der Waals surface area contributed by atoms with Crippen molar-refractivity contribution in [2.75, 3.05) is 0 Å². The normalized spacial score (nSPS) is 12.2. The maximum absolute atomic E-state index is 8.32. The molecule has 0 aromatic heterocycles. The molecule has 0 aliphatic rings. The second kappa shape index (κ2) is 9.22. The molecule has 0 saturated heterocycles. The lowest BCUT2D eigenvalue weighted by Crippen LogP contribution is -1.92. The molecule has 40 heavy (non-hydrogen) atoms. The summed E-state index contributed by atoms with van der Waals surface area (Å²) in [7, 11) is 0. The van der Waals surface area contributed by atoms with Crippen LogP contribution in [-0.2, 0) is 0 Å². The summed E-state index contributed by atoms with van der Waals surface area (Å²) in [4.78, 5) is 0. The second-order valence-corrected chi connectivity index (χ2v) is 10.3. The van der Waals surface area contributed by atoms with Crippen molar-refractivity contribution in [1.29, 1.82) is 0 Å². The Labute approximate surface area is 236 Å². The van der Waals surface area contributed by atoms with E-state index in [1.807, 2.05) is 12.1 Å². The molecule has 0 nitrogen and oxygen atoms in total. The van der Waals surface area contributed by atoms with Crippen LogP contribution in [0.25, 0.3) is 76.5 Å². The van der Waals surface area contributed by atoms with E-state index in [1.54, 1.807) is 6.07 Å². The Morgan fingerprint density at radius 2 is 0.850 bits per heavy atom. The van der Waals surface area contributed by atoms with E-state index in [-0.39, 0.29) is 0 Å². The summed E-state index contributed by atoms with van der Waals surface area (Å²) in [6.07, 6.45) is 0. The maximum Gasteiger partial charge on any atom is 0.0623 e. The number of benzene rings is 8. The molecule has 186 valence electrons. The van der Waals surface area contributed by atoms with Crippen molar-refractivity contribution in [3.63, 3.8) is 0 Å². The predicted octanol–water partition coefficient (Wildman–Crippen LogP) is 11.3. The quantitative estimate of drug-likeness (QED) is 0.208. The van der Waals surface area contributed by atoms with Gasteiger partial charge in [-0.15, -0.1) is 0 Å². The van der Waals surface area contributed by atoms with E-state index in [4.69, 9.17) is 2.74 Å². The van der Waals surface area contributed by atoms with Gasteiger partial charge >= 0.3 is 0 Å². The first-order valence-electron chi connectivity index (χ1n) is 14.7. The number of fused-ring (bicyclic) bond motifs is 4. The fourth-order valence-electron chi connectivity index (χ4n) is 6.36. The van der Waals surface area contributed by atoms with Crippen LogP contribution in [-0.4, -0.2) is 0 Å². The van der Waals surface area contributed by atoms with Crippen LogP contribution in [0, 0.1) is 0 Å². The van der Waals surface area contributed by atoms with Crippen LogP contribution in [0.15, 0.2) is 158 Å². The minimum absolute atomic E-state index is 0.352. The molecule has 0 unspecified atom stereocenters. The zero-order valence-corrected chi connectivity index (χ0v) is 21.9. The molecule has 0 saturated carbocycles. The van der Waals surface area contributed by atoms with Gasteiger partial charge in [0.1, 0.15) is 0 Å². The summed E-state index contributed by atoms with van der Waals surface area (Å²) in [6.45, 7) is 0. The summed E-state index contributed by atoms with van der Waals surface area (Å²) in [6, 6.07) is 51.7. The van der Waals surface area contributed by atoms with Gasteiger partial charge in [-0.1, -0.05) is 152 Å². The smallest absolute Gasteiger partial charge is 0.0622 e. The molecule has 8 rings (SSSR count). The minimum Gasteiger partial charge on any atom is -0.0622 e. The number of hydrogen-bond donors (Lipinski definition) is 0. The first-order valence-corrected chi connectivity index (χ1v) is 13.7. The highest BCUT2D eigenvalue weighted by Crippen LogP contribution is 2.46. The molecule has 0 fully saturated rings. The van der Waals surface area contributed by atoms with Gasteiger partial charge in [0, 0.05) is 0 Å². The van der Waals surface area contributed by atoms with Crippen molar-refractivity contribution in [3.05, 3.63) is 158 Å². The lowest BCUT2D eigenvalue weighted by atomic mass is 9.84. The molecule has 0 aliphatic heterocycles. The van der Waals surface area contributed by atoms with Gasteiger partial charge in [-0.05, 0) is 82.5 Å². The van der Waals surface area contributed by atoms with Crippen LogP contribution < -0.4 is 0 Å². The lowest BCUT2D eigenvalue weighted by molar-refractivity contribution is 1.65. The van der Waals surface area contributed by atoms with E-state index in [0.29, 0.717) is 12.1 Å². The summed E-state index contributed by atoms with van der Waals surface area (Å²) in [5.74, 6) is 0. The van der Waals surface area contributed by atoms with Gasteiger partial charge in [0.25, 0.3) is 0 Å². The van der Waals surface area contributed by atoms with Crippen LogP contribution >= 0.6 is 0 Å². The third-order valence-electron chi connectivity index (χ3n) is 8.12. The molecule has 8 aromatic carbocycles. The molecular weight excluding hydrogens is 480 g/mol. The van der Waals surface area contributed by atoms with E-state index >= 15 is 0 Å². The standard InChI is InChI=1S/C40H26/c1-2-13-28(14-3-1)39-35-16-6-8-18-37(35)40(38-19-9-7-17-36(38)39)34-23-11-21-32-31(20-10-22-33(32)34)30-25-24-27-12-4-5-15-29(27)26-30/h1-26H/i2D,3D. The van der Waals surface area contributed by atoms with Crippen molar-refractivity contribution < 1.29 is 2.74 Å². The van der Waals surface area contributed by atoms with Crippen molar-refractivity contribution in [1.82, 2.24) is 0 Å². The molecule has 0 aliphatic carbocycles. The molecule has 0 amide bonds. The van der Waals surface area contributed by atoms with Crippen molar-refractivity contribution in [2.45, 2.75) is 0 Å². The second-order valence-electron chi connectivity index (χ2n) is 10.3. The lowest BCUT2D eigenvalue weighted by Gasteiger charge is -2.19. The third kappa shape index (κ3) is 3.54. The topological polar surface area (TPSA) is 0 Å². The van der Waals surface area contributed by atoms with Gasteiger partial charge in [-0.2, -0.15) is 0 Å². The molecule has 0 N–H and O–H groups in total. The Bertz CT molecular complexity index is 2250. The van der Waals surface area contributed by atoms with Crippen LogP contribution in [0.2, 0.25) is 0 Å². The van der Waals surface area contributed by atoms with Gasteiger partial charge < -0.3 is 0 Å². The Morgan fingerprint density at radius 3 is 1.52 bits per heavy atom. The fourth-order valence-corrected chi connectivity index (χ4v) is 6.36. The fraction of sp³-hybridized carbons (Fsp3) is 0. The maximum atomic E-state index is 8.32. The van der Waals surface area contributed by atoms with Crippen molar-refractivity contribution in [3.8, 4) is 33.4 Å². The molecular formula is C40H26. The minimum atomic E-state index is 0.352. The predicted molar refractivity (Wildman–Crippen MR) is 173 cm³/mol. The number of hydrogen-bond acceptors (Lipinski definition) is 0. The van der Waals surface area contributed by atoms with Crippen LogP contribution in [0.1, 0.15) is 2.74 Å². The summed E-state index contributed by atoms with van der Waals surface area (Å²) >= 11 is 0. The average molecular weight is 509 g/mol. The molecule has 8 aromatic rings. The molecule has 0 heterocycles. The van der Waals surface area contributed by atoms with Gasteiger partial charge in [-0.3, -0.25) is 0 Å². The van der Waals surface area contributed by atoms with E-state index in [1.165, 1.54) is 43.8 Å². The van der Waals surface area contributed by atoms with Gasteiger partial charge in [0.2, 0.25) is 0 Å². The SMILES string of the molecule is [2H]c1cc([2H])cc(-c2c3ccccc3c(-c3cccc4c(-c5ccc6ccccc6c5)cccc34)c3ccccc23)c1. The Hall–Kier alpha value is -5.20. The zero-order chi connectivity index (χ0) is 28.2. The van der Waals surface area contributed by atoms with Gasteiger partial charge in [0.15, 0.2) is 0 Å². The zero-order valence-electron chi connectivity index (χ0n) is 23.9. The van der Waals surface area contributed by atoms with Gasteiger partial charge in [0.05, 0.1) is 2.74 Å². The molecule has 0 radical (unpaired) electrons. The largest absolute Gasteiger partial charge is 0.0623 e. The summed E-state index contributed by atoms with van der Waals surface area (Å²) in [5, 5.41) is 9.50. The van der Waals surface area contributed by atoms with Crippen LogP contribution in [0.3, 0.4) is 0 Å². The van der Waals surface area contributed by atoms with E-state index < -0.39 is 0 Å². The monoisotopic (exact) mass is 508 g/mol. The number of rotatable bonds is 3. The molecule has 0 bridgehead atoms. The molecule has 0 heteroatoms. The first-order chi connectivity index (χ1) is 20.7. The Kier molecular flexibility index (Phi) is 4.78.